The monoisotopic (exact) mass is 346 g/mol. The van der Waals surface area contributed by atoms with Gasteiger partial charge in [-0.25, -0.2) is 9.38 Å². The molecule has 0 heterocycles. The Bertz CT molecular complexity index is 583. The lowest BCUT2D eigenvalue weighted by Gasteiger charge is -2.13. The Hall–Kier alpha value is -2.43. The van der Waals surface area contributed by atoms with E-state index in [-0.39, 0.29) is 11.7 Å². The Balaban J connectivity index is 4.57. The lowest BCUT2D eigenvalue weighted by molar-refractivity contribution is 0.639. The summed E-state index contributed by atoms with van der Waals surface area (Å²) in [5, 5.41) is 6.16. The van der Waals surface area contributed by atoms with Gasteiger partial charge in [-0.05, 0) is 30.9 Å². The molecule has 0 aliphatic heterocycles. The first-order valence-corrected chi connectivity index (χ1v) is 8.36. The summed E-state index contributed by atoms with van der Waals surface area (Å²) in [6, 6.07) is 0. The molecule has 0 aromatic rings. The second kappa shape index (κ2) is 12.9. The number of nitrogens with zero attached hydrogens (tertiary/aromatic N) is 2. The third-order valence-electron chi connectivity index (χ3n) is 3.51. The number of aliphatic imine (C=N–C) groups is 2. The van der Waals surface area contributed by atoms with E-state index in [1.54, 1.807) is 14.0 Å². The van der Waals surface area contributed by atoms with Gasteiger partial charge >= 0.3 is 0 Å². The minimum Gasteiger partial charge on any atom is -0.390 e. The molecule has 0 aliphatic rings. The Labute approximate surface area is 151 Å². The largest absolute Gasteiger partial charge is 0.390 e. The summed E-state index contributed by atoms with van der Waals surface area (Å²) in [7, 11) is 1.81. The van der Waals surface area contributed by atoms with Crippen LogP contribution in [0, 0.1) is 5.92 Å². The molecule has 5 heteroatoms. The molecule has 0 saturated heterocycles. The average molecular weight is 346 g/mol. The molecule has 1 atom stereocenters. The predicted octanol–water partition coefficient (Wildman–Crippen LogP) is 4.32. The van der Waals surface area contributed by atoms with E-state index in [9.17, 15) is 4.39 Å². The SMILES string of the molecule is C=C/C(C)=C(F)\C=C/C(C)CNC(=C)C(CC)=NC=NCC(=C)NC. The molecule has 0 aliphatic carbocycles. The van der Waals surface area contributed by atoms with Crippen LogP contribution in [0.1, 0.15) is 27.2 Å². The van der Waals surface area contributed by atoms with Crippen LogP contribution >= 0.6 is 0 Å². The van der Waals surface area contributed by atoms with E-state index in [1.807, 2.05) is 19.9 Å². The predicted molar refractivity (Wildman–Crippen MR) is 109 cm³/mol. The normalized spacial score (nSPS) is 14.4. The summed E-state index contributed by atoms with van der Waals surface area (Å²) in [5.41, 5.74) is 2.94. The molecular weight excluding hydrogens is 315 g/mol. The summed E-state index contributed by atoms with van der Waals surface area (Å²) in [5.74, 6) is -0.123. The van der Waals surface area contributed by atoms with Gasteiger partial charge in [0, 0.05) is 25.0 Å². The number of hydrogen-bond donors (Lipinski definition) is 2. The highest BCUT2D eigenvalue weighted by molar-refractivity contribution is 6.02. The minimum absolute atomic E-state index is 0.144. The smallest absolute Gasteiger partial charge is 0.125 e. The van der Waals surface area contributed by atoms with Crippen molar-refractivity contribution < 1.29 is 4.39 Å². The molecule has 0 bridgehead atoms. The zero-order valence-electron chi connectivity index (χ0n) is 15.9. The molecule has 0 aromatic carbocycles. The van der Waals surface area contributed by atoms with Crippen LogP contribution in [-0.2, 0) is 0 Å². The second-order valence-electron chi connectivity index (χ2n) is 5.67. The van der Waals surface area contributed by atoms with Crippen molar-refractivity contribution in [1.82, 2.24) is 10.6 Å². The van der Waals surface area contributed by atoms with Crippen molar-refractivity contribution in [3.8, 4) is 0 Å². The maximum Gasteiger partial charge on any atom is 0.125 e. The van der Waals surface area contributed by atoms with Crippen molar-refractivity contribution >= 4 is 12.1 Å². The van der Waals surface area contributed by atoms with Crippen molar-refractivity contribution in [2.45, 2.75) is 27.2 Å². The highest BCUT2D eigenvalue weighted by Gasteiger charge is 2.04. The Morgan fingerprint density at radius 1 is 1.32 bits per heavy atom. The summed E-state index contributed by atoms with van der Waals surface area (Å²) in [6.07, 6.45) is 7.06. The van der Waals surface area contributed by atoms with Crippen molar-refractivity contribution in [3.63, 3.8) is 0 Å². The van der Waals surface area contributed by atoms with Crippen LogP contribution in [0.2, 0.25) is 0 Å². The average Bonchev–Trinajstić information content (AvgIpc) is 2.62. The van der Waals surface area contributed by atoms with Crippen LogP contribution < -0.4 is 10.6 Å². The molecule has 0 fully saturated rings. The van der Waals surface area contributed by atoms with Crippen molar-refractivity contribution in [2.75, 3.05) is 20.1 Å². The summed E-state index contributed by atoms with van der Waals surface area (Å²) >= 11 is 0. The standard InChI is InChI=1S/C20H31FN4/c1-8-16(4)19(21)11-10-15(3)12-24-18(6)20(9-2)25-14-23-13-17(5)22-7/h8,10-11,14-15,22,24H,1,5-6,9,12-13H2,2-4,7H3/b11-10-,19-16+,23-14?,25-20?. The molecule has 0 aromatic heterocycles. The van der Waals surface area contributed by atoms with E-state index >= 15 is 0 Å². The first-order chi connectivity index (χ1) is 11.8. The number of hydrogen-bond acceptors (Lipinski definition) is 3. The fourth-order valence-electron chi connectivity index (χ4n) is 1.66. The number of likely N-dealkylation sites (N-methyl/N-ethyl adjacent to an activating group) is 1. The Morgan fingerprint density at radius 3 is 2.56 bits per heavy atom. The minimum atomic E-state index is -0.268. The molecule has 0 saturated carbocycles. The highest BCUT2D eigenvalue weighted by Crippen LogP contribution is 2.10. The van der Waals surface area contributed by atoms with Gasteiger partial charge in [-0.1, -0.05) is 45.7 Å². The quantitative estimate of drug-likeness (QED) is 0.314. The van der Waals surface area contributed by atoms with Gasteiger partial charge < -0.3 is 10.6 Å². The lowest BCUT2D eigenvalue weighted by atomic mass is 10.1. The zero-order chi connectivity index (χ0) is 19.2. The zero-order valence-corrected chi connectivity index (χ0v) is 15.9. The van der Waals surface area contributed by atoms with E-state index < -0.39 is 0 Å². The van der Waals surface area contributed by atoms with Crippen LogP contribution in [-0.4, -0.2) is 32.2 Å². The van der Waals surface area contributed by atoms with Crippen molar-refractivity contribution in [1.29, 1.82) is 0 Å². The molecule has 0 rings (SSSR count). The van der Waals surface area contributed by atoms with E-state index in [2.05, 4.69) is 40.4 Å². The molecule has 0 spiro atoms. The van der Waals surface area contributed by atoms with Crippen LogP contribution in [0.25, 0.3) is 0 Å². The van der Waals surface area contributed by atoms with Crippen molar-refractivity contribution in [2.24, 2.45) is 15.9 Å². The second-order valence-corrected chi connectivity index (χ2v) is 5.67. The van der Waals surface area contributed by atoms with Crippen LogP contribution in [0.3, 0.4) is 0 Å². The van der Waals surface area contributed by atoms with E-state index in [0.29, 0.717) is 18.7 Å². The Kier molecular flexibility index (Phi) is 11.7. The fourth-order valence-corrected chi connectivity index (χ4v) is 1.66. The van der Waals surface area contributed by atoms with Gasteiger partial charge in [-0.3, -0.25) is 4.99 Å². The molecule has 1 unspecified atom stereocenters. The summed E-state index contributed by atoms with van der Waals surface area (Å²) in [4.78, 5) is 8.50. The maximum atomic E-state index is 13.6. The molecule has 138 valence electrons. The lowest BCUT2D eigenvalue weighted by Crippen LogP contribution is -2.24. The van der Waals surface area contributed by atoms with Crippen LogP contribution in [0.4, 0.5) is 4.39 Å². The molecule has 0 radical (unpaired) electrons. The van der Waals surface area contributed by atoms with Gasteiger partial charge in [0.05, 0.1) is 12.3 Å². The summed E-state index contributed by atoms with van der Waals surface area (Å²) < 4.78 is 13.6. The number of nitrogens with one attached hydrogen (secondary N) is 2. The third kappa shape index (κ3) is 10.1. The number of halogens is 1. The highest BCUT2D eigenvalue weighted by atomic mass is 19.1. The van der Waals surface area contributed by atoms with E-state index in [0.717, 1.165) is 23.5 Å². The molecule has 4 nitrogen and oxygen atoms in total. The van der Waals surface area contributed by atoms with Crippen LogP contribution in [0.5, 0.6) is 0 Å². The van der Waals surface area contributed by atoms with Gasteiger partial charge in [-0.2, -0.15) is 0 Å². The third-order valence-corrected chi connectivity index (χ3v) is 3.51. The number of rotatable bonds is 12. The molecule has 25 heavy (non-hydrogen) atoms. The van der Waals surface area contributed by atoms with Gasteiger partial charge in [-0.15, -0.1) is 0 Å². The van der Waals surface area contributed by atoms with Gasteiger partial charge in [0.15, 0.2) is 0 Å². The molecule has 2 N–H and O–H groups in total. The molecular formula is C20H31FN4. The van der Waals surface area contributed by atoms with Gasteiger partial charge in [0.1, 0.15) is 12.2 Å². The Morgan fingerprint density at radius 2 is 2.00 bits per heavy atom. The van der Waals surface area contributed by atoms with E-state index in [4.69, 9.17) is 0 Å². The fraction of sp³-hybridized carbons (Fsp3) is 0.400. The first kappa shape index (κ1) is 22.6. The summed E-state index contributed by atoms with van der Waals surface area (Å²) in [6.45, 7) is 18.2. The van der Waals surface area contributed by atoms with Gasteiger partial charge in [0.25, 0.3) is 0 Å². The topological polar surface area (TPSA) is 48.8 Å². The maximum absolute atomic E-state index is 13.6. The van der Waals surface area contributed by atoms with Gasteiger partial charge in [0.2, 0.25) is 0 Å². The molecule has 0 amide bonds. The van der Waals surface area contributed by atoms with Crippen LogP contribution in [0.15, 0.2) is 70.7 Å². The van der Waals surface area contributed by atoms with Crippen molar-refractivity contribution in [3.05, 3.63) is 60.8 Å². The first-order valence-electron chi connectivity index (χ1n) is 8.36. The van der Waals surface area contributed by atoms with E-state index in [1.165, 1.54) is 18.5 Å². The number of allylic oxidation sites excluding steroid dienone is 5.